The third-order valence-corrected chi connectivity index (χ3v) is 3.45. The predicted octanol–water partition coefficient (Wildman–Crippen LogP) is 0.553. The Labute approximate surface area is 106 Å². The summed E-state index contributed by atoms with van der Waals surface area (Å²) in [7, 11) is 0. The van der Waals surface area contributed by atoms with Gasteiger partial charge in [-0.25, -0.2) is 0 Å². The van der Waals surface area contributed by atoms with Gasteiger partial charge in [-0.05, 0) is 25.8 Å². The van der Waals surface area contributed by atoms with Crippen LogP contribution in [0.3, 0.4) is 0 Å². The number of nitrogens with zero attached hydrogens (tertiary/aromatic N) is 2. The van der Waals surface area contributed by atoms with E-state index < -0.39 is 6.10 Å². The van der Waals surface area contributed by atoms with Crippen LogP contribution < -0.4 is 4.73 Å². The van der Waals surface area contributed by atoms with Gasteiger partial charge in [0.15, 0.2) is 12.4 Å². The molecule has 2 heterocycles. The van der Waals surface area contributed by atoms with Crippen LogP contribution in [-0.2, 0) is 0 Å². The fraction of sp³-hybridized carbons (Fsp3) is 0.538. The third-order valence-electron chi connectivity index (χ3n) is 3.45. The molecular formula is C13H18N2O3. The molecule has 1 aliphatic heterocycles. The normalized spacial score (nSPS) is 21.7. The Morgan fingerprint density at radius 1 is 1.67 bits per heavy atom. The number of rotatable bonds is 2. The quantitative estimate of drug-likeness (QED) is 0.616. The smallest absolute Gasteiger partial charge is 0.259 e. The van der Waals surface area contributed by atoms with Crippen LogP contribution in [0.25, 0.3) is 0 Å². The number of piperidine rings is 1. The highest BCUT2D eigenvalue weighted by Gasteiger charge is 2.27. The van der Waals surface area contributed by atoms with Crippen molar-refractivity contribution in [3.63, 3.8) is 0 Å². The van der Waals surface area contributed by atoms with Gasteiger partial charge in [-0.3, -0.25) is 4.79 Å². The second-order valence-corrected chi connectivity index (χ2v) is 4.85. The summed E-state index contributed by atoms with van der Waals surface area (Å²) < 4.78 is 0.628. The lowest BCUT2D eigenvalue weighted by molar-refractivity contribution is -0.605. The molecular weight excluding hydrogens is 232 g/mol. The molecule has 1 aliphatic rings. The molecule has 0 saturated carbocycles. The topological polar surface area (TPSA) is 67.5 Å². The molecule has 1 saturated heterocycles. The summed E-state index contributed by atoms with van der Waals surface area (Å²) in [5.41, 5.74) is 0.402. The van der Waals surface area contributed by atoms with Crippen molar-refractivity contribution in [2.45, 2.75) is 25.9 Å². The molecule has 0 radical (unpaired) electrons. The molecule has 0 aromatic carbocycles. The maximum absolute atomic E-state index is 12.2. The monoisotopic (exact) mass is 250 g/mol. The molecule has 98 valence electrons. The van der Waals surface area contributed by atoms with Crippen LogP contribution in [0.4, 0.5) is 0 Å². The Morgan fingerprint density at radius 2 is 2.44 bits per heavy atom. The Balaban J connectivity index is 2.09. The summed E-state index contributed by atoms with van der Waals surface area (Å²) in [6, 6.07) is 3.21. The lowest BCUT2D eigenvalue weighted by Gasteiger charge is -2.34. The minimum absolute atomic E-state index is 0.130. The molecule has 5 heteroatoms. The van der Waals surface area contributed by atoms with Crippen molar-refractivity contribution in [1.82, 2.24) is 4.90 Å². The first kappa shape index (κ1) is 12.8. The van der Waals surface area contributed by atoms with Gasteiger partial charge in [-0.1, -0.05) is 0 Å². The lowest BCUT2D eigenvalue weighted by Crippen LogP contribution is -2.43. The largest absolute Gasteiger partial charge is 0.619 e. The maximum atomic E-state index is 12.2. The number of aliphatic hydroxyl groups excluding tert-OH is 1. The van der Waals surface area contributed by atoms with Crippen LogP contribution in [0.2, 0.25) is 0 Å². The molecule has 0 bridgehead atoms. The zero-order valence-corrected chi connectivity index (χ0v) is 10.5. The van der Waals surface area contributed by atoms with E-state index in [1.165, 1.54) is 12.4 Å². The van der Waals surface area contributed by atoms with Gasteiger partial charge in [-0.15, -0.1) is 0 Å². The maximum Gasteiger partial charge on any atom is 0.259 e. The van der Waals surface area contributed by atoms with Crippen LogP contribution in [0, 0.1) is 11.1 Å². The van der Waals surface area contributed by atoms with E-state index in [-0.39, 0.29) is 11.8 Å². The van der Waals surface area contributed by atoms with E-state index in [0.717, 1.165) is 12.8 Å². The molecule has 2 rings (SSSR count). The van der Waals surface area contributed by atoms with Crippen molar-refractivity contribution in [1.29, 1.82) is 0 Å². The number of carbonyl (C=O) groups is 1. The number of aromatic nitrogens is 1. The van der Waals surface area contributed by atoms with E-state index in [9.17, 15) is 15.1 Å². The number of aliphatic hydroxyl groups is 1. The number of hydrogen-bond donors (Lipinski definition) is 1. The fourth-order valence-electron chi connectivity index (χ4n) is 2.35. The molecule has 5 nitrogen and oxygen atoms in total. The lowest BCUT2D eigenvalue weighted by atomic mass is 9.93. The van der Waals surface area contributed by atoms with Gasteiger partial charge in [0.05, 0.1) is 6.10 Å². The molecule has 1 N–H and O–H groups in total. The average molecular weight is 250 g/mol. The van der Waals surface area contributed by atoms with Crippen molar-refractivity contribution in [3.8, 4) is 0 Å². The average Bonchev–Trinajstić information content (AvgIpc) is 2.38. The zero-order valence-electron chi connectivity index (χ0n) is 10.5. The van der Waals surface area contributed by atoms with Gasteiger partial charge >= 0.3 is 0 Å². The van der Waals surface area contributed by atoms with Crippen molar-refractivity contribution in [3.05, 3.63) is 35.3 Å². The van der Waals surface area contributed by atoms with Crippen LogP contribution in [0.1, 0.15) is 30.1 Å². The van der Waals surface area contributed by atoms with Gasteiger partial charge in [0.2, 0.25) is 0 Å². The minimum atomic E-state index is -0.402. The van der Waals surface area contributed by atoms with Gasteiger partial charge in [0, 0.05) is 25.1 Å². The van der Waals surface area contributed by atoms with Gasteiger partial charge in [0.1, 0.15) is 5.56 Å². The zero-order chi connectivity index (χ0) is 13.1. The Bertz CT molecular complexity index is 434. The molecule has 2 unspecified atom stereocenters. The van der Waals surface area contributed by atoms with Gasteiger partial charge in [0.25, 0.3) is 5.91 Å². The molecule has 2 atom stereocenters. The Morgan fingerprint density at radius 3 is 3.11 bits per heavy atom. The predicted molar refractivity (Wildman–Crippen MR) is 65.7 cm³/mol. The highest BCUT2D eigenvalue weighted by Crippen LogP contribution is 2.20. The fourth-order valence-corrected chi connectivity index (χ4v) is 2.35. The van der Waals surface area contributed by atoms with Crippen LogP contribution in [-0.4, -0.2) is 35.1 Å². The number of hydrogen-bond acceptors (Lipinski definition) is 3. The number of pyridine rings is 1. The van der Waals surface area contributed by atoms with Crippen LogP contribution in [0.5, 0.6) is 0 Å². The number of likely N-dealkylation sites (tertiary alicyclic amines) is 1. The summed E-state index contributed by atoms with van der Waals surface area (Å²) in [4.78, 5) is 13.9. The highest BCUT2D eigenvalue weighted by atomic mass is 16.5. The highest BCUT2D eigenvalue weighted by molar-refractivity contribution is 5.93. The minimum Gasteiger partial charge on any atom is -0.619 e. The van der Waals surface area contributed by atoms with Gasteiger partial charge < -0.3 is 15.2 Å². The summed E-state index contributed by atoms with van der Waals surface area (Å²) in [6.07, 6.45) is 4.07. The summed E-state index contributed by atoms with van der Waals surface area (Å²) in [6.45, 7) is 3.01. The first-order valence-electron chi connectivity index (χ1n) is 6.24. The van der Waals surface area contributed by atoms with E-state index in [4.69, 9.17) is 0 Å². The summed E-state index contributed by atoms with van der Waals surface area (Å²) in [5, 5.41) is 20.8. The number of amides is 1. The van der Waals surface area contributed by atoms with Crippen LogP contribution in [0.15, 0.2) is 24.5 Å². The Hall–Kier alpha value is -1.62. The summed E-state index contributed by atoms with van der Waals surface area (Å²) >= 11 is 0. The van der Waals surface area contributed by atoms with E-state index in [1.807, 2.05) is 0 Å². The third kappa shape index (κ3) is 2.79. The SMILES string of the molecule is CC(O)C1CCCN(C(=O)c2ccc[n+]([O-])c2)C1. The first-order chi connectivity index (χ1) is 8.58. The second kappa shape index (κ2) is 5.35. The van der Waals surface area contributed by atoms with E-state index in [1.54, 1.807) is 24.0 Å². The Kier molecular flexibility index (Phi) is 3.81. The summed E-state index contributed by atoms with van der Waals surface area (Å²) in [5.74, 6) is -0.00339. The molecule has 0 spiro atoms. The molecule has 1 amide bonds. The van der Waals surface area contributed by atoms with Crippen molar-refractivity contribution in [2.75, 3.05) is 13.1 Å². The van der Waals surface area contributed by atoms with Crippen molar-refractivity contribution < 1.29 is 14.6 Å². The molecule has 1 aromatic heterocycles. The van der Waals surface area contributed by atoms with Crippen molar-refractivity contribution in [2.24, 2.45) is 5.92 Å². The van der Waals surface area contributed by atoms with E-state index in [2.05, 4.69) is 0 Å². The van der Waals surface area contributed by atoms with Gasteiger partial charge in [-0.2, -0.15) is 4.73 Å². The van der Waals surface area contributed by atoms with Crippen molar-refractivity contribution >= 4 is 5.91 Å². The molecule has 1 fully saturated rings. The molecule has 1 aromatic rings. The molecule has 18 heavy (non-hydrogen) atoms. The van der Waals surface area contributed by atoms with E-state index in [0.29, 0.717) is 23.4 Å². The first-order valence-corrected chi connectivity index (χ1v) is 6.24. The number of carbonyl (C=O) groups excluding carboxylic acids is 1. The standard InChI is InChI=1S/C13H18N2O3/c1-10(16)11-4-2-6-14(8-11)13(17)12-5-3-7-15(18)9-12/h3,5,7,9-11,16H,2,4,6,8H2,1H3. The second-order valence-electron chi connectivity index (χ2n) is 4.85. The van der Waals surface area contributed by atoms with Crippen LogP contribution >= 0.6 is 0 Å². The molecule has 0 aliphatic carbocycles. The van der Waals surface area contributed by atoms with E-state index >= 15 is 0 Å².